The highest BCUT2D eigenvalue weighted by molar-refractivity contribution is 6.27. The van der Waals surface area contributed by atoms with E-state index in [0.29, 0.717) is 12.1 Å². The first-order chi connectivity index (χ1) is 7.86. The van der Waals surface area contributed by atoms with Crippen LogP contribution in [-0.4, -0.2) is 18.3 Å². The van der Waals surface area contributed by atoms with Crippen LogP contribution in [0.2, 0.25) is 0 Å². The SMILES string of the molecule is Cc1cc(C(C)(C)CNC(=O)CCl)ccc1F. The van der Waals surface area contributed by atoms with E-state index in [2.05, 4.69) is 5.32 Å². The highest BCUT2D eigenvalue weighted by Crippen LogP contribution is 2.24. The summed E-state index contributed by atoms with van der Waals surface area (Å²) in [6, 6.07) is 5.01. The number of aryl methyl sites for hydroxylation is 1. The third-order valence-corrected chi connectivity index (χ3v) is 3.03. The molecule has 2 nitrogen and oxygen atoms in total. The van der Waals surface area contributed by atoms with Gasteiger partial charge in [-0.15, -0.1) is 11.6 Å². The van der Waals surface area contributed by atoms with Crippen LogP contribution in [0.3, 0.4) is 0 Å². The molecule has 0 fully saturated rings. The van der Waals surface area contributed by atoms with Crippen molar-refractivity contribution in [3.63, 3.8) is 0 Å². The monoisotopic (exact) mass is 257 g/mol. The molecule has 0 bridgehead atoms. The van der Waals surface area contributed by atoms with Gasteiger partial charge in [-0.05, 0) is 24.1 Å². The Morgan fingerprint density at radius 2 is 2.12 bits per heavy atom. The van der Waals surface area contributed by atoms with Gasteiger partial charge in [0, 0.05) is 12.0 Å². The Morgan fingerprint density at radius 3 is 2.65 bits per heavy atom. The van der Waals surface area contributed by atoms with Crippen LogP contribution in [0, 0.1) is 12.7 Å². The summed E-state index contributed by atoms with van der Waals surface area (Å²) < 4.78 is 13.2. The number of nitrogens with one attached hydrogen (secondary N) is 1. The Bertz CT molecular complexity index is 418. The van der Waals surface area contributed by atoms with E-state index in [9.17, 15) is 9.18 Å². The van der Waals surface area contributed by atoms with Crippen LogP contribution >= 0.6 is 11.6 Å². The summed E-state index contributed by atoms with van der Waals surface area (Å²) in [5, 5.41) is 2.74. The van der Waals surface area contributed by atoms with Gasteiger partial charge in [0.25, 0.3) is 0 Å². The lowest BCUT2D eigenvalue weighted by molar-refractivity contribution is -0.118. The Balaban J connectivity index is 2.81. The average Bonchev–Trinajstić information content (AvgIpc) is 2.29. The number of amides is 1. The second kappa shape index (κ2) is 5.50. The van der Waals surface area contributed by atoms with Crippen molar-refractivity contribution in [2.24, 2.45) is 0 Å². The van der Waals surface area contributed by atoms with Crippen molar-refractivity contribution >= 4 is 17.5 Å². The number of carbonyl (C=O) groups excluding carboxylic acids is 1. The van der Waals surface area contributed by atoms with Crippen LogP contribution in [-0.2, 0) is 10.2 Å². The molecule has 1 amide bonds. The van der Waals surface area contributed by atoms with Gasteiger partial charge in [-0.25, -0.2) is 4.39 Å². The summed E-state index contributed by atoms with van der Waals surface area (Å²) in [7, 11) is 0. The molecule has 17 heavy (non-hydrogen) atoms. The van der Waals surface area contributed by atoms with Gasteiger partial charge in [-0.1, -0.05) is 26.0 Å². The largest absolute Gasteiger partial charge is 0.354 e. The third kappa shape index (κ3) is 3.70. The van der Waals surface area contributed by atoms with E-state index in [4.69, 9.17) is 11.6 Å². The molecular weight excluding hydrogens is 241 g/mol. The number of hydrogen-bond donors (Lipinski definition) is 1. The minimum atomic E-state index is -0.250. The molecule has 0 aliphatic carbocycles. The number of halogens is 2. The normalized spacial score (nSPS) is 11.4. The summed E-state index contributed by atoms with van der Waals surface area (Å²) in [5.74, 6) is -0.452. The zero-order chi connectivity index (χ0) is 13.1. The van der Waals surface area contributed by atoms with Gasteiger partial charge in [0.2, 0.25) is 5.91 Å². The van der Waals surface area contributed by atoms with E-state index >= 15 is 0 Å². The third-order valence-electron chi connectivity index (χ3n) is 2.79. The zero-order valence-corrected chi connectivity index (χ0v) is 11.1. The van der Waals surface area contributed by atoms with Crippen molar-refractivity contribution in [1.82, 2.24) is 5.32 Å². The maximum Gasteiger partial charge on any atom is 0.234 e. The van der Waals surface area contributed by atoms with Crippen molar-refractivity contribution in [1.29, 1.82) is 0 Å². The fraction of sp³-hybridized carbons (Fsp3) is 0.462. The molecule has 94 valence electrons. The van der Waals surface area contributed by atoms with Gasteiger partial charge in [-0.2, -0.15) is 0 Å². The minimum absolute atomic E-state index is 0.0431. The van der Waals surface area contributed by atoms with Crippen molar-refractivity contribution in [3.8, 4) is 0 Å². The Kier molecular flexibility index (Phi) is 4.52. The lowest BCUT2D eigenvalue weighted by Gasteiger charge is -2.26. The average molecular weight is 258 g/mol. The molecular formula is C13H17ClFNO. The first-order valence-corrected chi connectivity index (χ1v) is 5.99. The molecule has 0 aliphatic heterocycles. The van der Waals surface area contributed by atoms with E-state index < -0.39 is 0 Å². The second-order valence-corrected chi connectivity index (χ2v) is 5.03. The predicted molar refractivity (Wildman–Crippen MR) is 67.9 cm³/mol. The fourth-order valence-electron chi connectivity index (χ4n) is 1.53. The van der Waals surface area contributed by atoms with Crippen molar-refractivity contribution in [3.05, 3.63) is 35.1 Å². The van der Waals surface area contributed by atoms with Crippen LogP contribution in [0.25, 0.3) is 0 Å². The molecule has 1 rings (SSSR count). The quantitative estimate of drug-likeness (QED) is 0.826. The molecule has 0 aliphatic rings. The maximum absolute atomic E-state index is 13.2. The van der Waals surface area contributed by atoms with Gasteiger partial charge in [-0.3, -0.25) is 4.79 Å². The van der Waals surface area contributed by atoms with Gasteiger partial charge >= 0.3 is 0 Å². The Morgan fingerprint density at radius 1 is 1.47 bits per heavy atom. The van der Waals surface area contributed by atoms with Crippen LogP contribution in [0.5, 0.6) is 0 Å². The number of rotatable bonds is 4. The van der Waals surface area contributed by atoms with E-state index in [-0.39, 0.29) is 23.0 Å². The molecule has 4 heteroatoms. The van der Waals surface area contributed by atoms with E-state index in [0.717, 1.165) is 5.56 Å². The summed E-state index contributed by atoms with van der Waals surface area (Å²) in [6.07, 6.45) is 0. The maximum atomic E-state index is 13.2. The van der Waals surface area contributed by atoms with Crippen LogP contribution in [0.15, 0.2) is 18.2 Å². The van der Waals surface area contributed by atoms with Crippen molar-refractivity contribution in [2.45, 2.75) is 26.2 Å². The number of benzene rings is 1. The molecule has 0 unspecified atom stereocenters. The van der Waals surface area contributed by atoms with Crippen LogP contribution in [0.1, 0.15) is 25.0 Å². The summed E-state index contributed by atoms with van der Waals surface area (Å²) in [4.78, 5) is 11.1. The predicted octanol–water partition coefficient (Wildman–Crippen LogP) is 2.77. The van der Waals surface area contributed by atoms with Crippen molar-refractivity contribution in [2.75, 3.05) is 12.4 Å². The molecule has 1 N–H and O–H groups in total. The molecule has 0 heterocycles. The second-order valence-electron chi connectivity index (χ2n) is 4.76. The summed E-state index contributed by atoms with van der Waals surface area (Å²) >= 11 is 5.41. The lowest BCUT2D eigenvalue weighted by atomic mass is 9.84. The number of carbonyl (C=O) groups is 1. The molecule has 0 spiro atoms. The van der Waals surface area contributed by atoms with Crippen molar-refractivity contribution < 1.29 is 9.18 Å². The summed E-state index contributed by atoms with van der Waals surface area (Å²) in [6.45, 7) is 6.19. The molecule has 0 saturated heterocycles. The number of hydrogen-bond acceptors (Lipinski definition) is 1. The molecule has 0 aromatic heterocycles. The summed E-state index contributed by atoms with van der Waals surface area (Å²) in [5.41, 5.74) is 1.35. The smallest absolute Gasteiger partial charge is 0.234 e. The standard InChI is InChI=1S/C13H17ClFNO/c1-9-6-10(4-5-11(9)15)13(2,3)8-16-12(17)7-14/h4-6H,7-8H2,1-3H3,(H,16,17). The molecule has 0 radical (unpaired) electrons. The molecule has 1 aromatic carbocycles. The molecule has 1 aromatic rings. The van der Waals surface area contributed by atoms with E-state index in [1.165, 1.54) is 6.07 Å². The first kappa shape index (κ1) is 14.0. The van der Waals surface area contributed by atoms with Gasteiger partial charge < -0.3 is 5.32 Å². The van der Waals surface area contributed by atoms with Crippen LogP contribution in [0.4, 0.5) is 4.39 Å². The number of alkyl halides is 1. The topological polar surface area (TPSA) is 29.1 Å². The first-order valence-electron chi connectivity index (χ1n) is 5.46. The lowest BCUT2D eigenvalue weighted by Crippen LogP contribution is -2.37. The highest BCUT2D eigenvalue weighted by Gasteiger charge is 2.21. The molecule has 0 saturated carbocycles. The minimum Gasteiger partial charge on any atom is -0.354 e. The Hall–Kier alpha value is -1.09. The highest BCUT2D eigenvalue weighted by atomic mass is 35.5. The molecule has 0 atom stereocenters. The fourth-order valence-corrected chi connectivity index (χ4v) is 1.63. The van der Waals surface area contributed by atoms with Gasteiger partial charge in [0.05, 0.1) is 0 Å². The van der Waals surface area contributed by atoms with Gasteiger partial charge in [0.1, 0.15) is 11.7 Å². The van der Waals surface area contributed by atoms with Gasteiger partial charge in [0.15, 0.2) is 0 Å². The van der Waals surface area contributed by atoms with Crippen LogP contribution < -0.4 is 5.32 Å². The zero-order valence-electron chi connectivity index (χ0n) is 10.3. The van der Waals surface area contributed by atoms with E-state index in [1.54, 1.807) is 13.0 Å². The Labute approximate surface area is 106 Å². The van der Waals surface area contributed by atoms with E-state index in [1.807, 2.05) is 19.9 Å².